The standard InChI is InChI=1S/C18H17ClINO/c1-18(12-20)11-16(13-5-3-2-4-6-13)21(17(18)22)15-9-7-14(19)8-10-15/h2-10,16H,11-12H2,1H3/t16-,18-/m1/s1. The van der Waals surface area contributed by atoms with Crippen molar-refractivity contribution in [3.8, 4) is 0 Å². The fourth-order valence-corrected chi connectivity index (χ4v) is 3.75. The summed E-state index contributed by atoms with van der Waals surface area (Å²) in [4.78, 5) is 15.0. The number of alkyl halides is 1. The number of amides is 1. The maximum atomic E-state index is 13.0. The molecule has 0 radical (unpaired) electrons. The van der Waals surface area contributed by atoms with E-state index in [1.54, 1.807) is 0 Å². The smallest absolute Gasteiger partial charge is 0.234 e. The third-order valence-corrected chi connectivity index (χ3v) is 6.21. The van der Waals surface area contributed by atoms with Crippen LogP contribution in [-0.2, 0) is 4.79 Å². The van der Waals surface area contributed by atoms with Gasteiger partial charge in [0.25, 0.3) is 0 Å². The van der Waals surface area contributed by atoms with E-state index < -0.39 is 0 Å². The van der Waals surface area contributed by atoms with Gasteiger partial charge in [0.05, 0.1) is 11.5 Å². The van der Waals surface area contributed by atoms with Crippen molar-refractivity contribution in [3.63, 3.8) is 0 Å². The normalized spacial score (nSPS) is 24.8. The van der Waals surface area contributed by atoms with Crippen LogP contribution in [0.15, 0.2) is 54.6 Å². The second-order valence-electron chi connectivity index (χ2n) is 5.98. The maximum Gasteiger partial charge on any atom is 0.234 e. The van der Waals surface area contributed by atoms with Crippen LogP contribution < -0.4 is 4.90 Å². The summed E-state index contributed by atoms with van der Waals surface area (Å²) >= 11 is 8.30. The van der Waals surface area contributed by atoms with Gasteiger partial charge in [-0.1, -0.05) is 64.5 Å². The molecule has 1 amide bonds. The molecule has 1 aliphatic heterocycles. The molecule has 2 aromatic rings. The lowest BCUT2D eigenvalue weighted by Crippen LogP contribution is -2.34. The fraction of sp³-hybridized carbons (Fsp3) is 0.278. The van der Waals surface area contributed by atoms with Crippen molar-refractivity contribution in [2.75, 3.05) is 9.33 Å². The molecule has 1 fully saturated rings. The summed E-state index contributed by atoms with van der Waals surface area (Å²) in [5.41, 5.74) is 1.77. The van der Waals surface area contributed by atoms with Crippen LogP contribution in [-0.4, -0.2) is 10.3 Å². The van der Waals surface area contributed by atoms with Gasteiger partial charge in [0.2, 0.25) is 5.91 Å². The number of rotatable bonds is 3. The highest BCUT2D eigenvalue weighted by molar-refractivity contribution is 14.1. The van der Waals surface area contributed by atoms with Crippen LogP contribution in [0.3, 0.4) is 0 Å². The summed E-state index contributed by atoms with van der Waals surface area (Å²) < 4.78 is 0.816. The molecule has 0 aliphatic carbocycles. The van der Waals surface area contributed by atoms with Crippen molar-refractivity contribution in [3.05, 3.63) is 65.2 Å². The van der Waals surface area contributed by atoms with Gasteiger partial charge < -0.3 is 4.90 Å². The first kappa shape index (κ1) is 15.8. The lowest BCUT2D eigenvalue weighted by molar-refractivity contribution is -0.123. The molecule has 0 unspecified atom stereocenters. The Morgan fingerprint density at radius 3 is 2.41 bits per heavy atom. The van der Waals surface area contributed by atoms with Crippen LogP contribution in [0.2, 0.25) is 5.02 Å². The zero-order chi connectivity index (χ0) is 15.7. The zero-order valence-electron chi connectivity index (χ0n) is 12.3. The summed E-state index contributed by atoms with van der Waals surface area (Å²) in [6.07, 6.45) is 0.835. The number of carbonyl (C=O) groups is 1. The van der Waals surface area contributed by atoms with Crippen LogP contribution in [0.1, 0.15) is 24.9 Å². The minimum atomic E-state index is -0.319. The number of nitrogens with zero attached hydrogens (tertiary/aromatic N) is 1. The first-order valence-electron chi connectivity index (χ1n) is 7.25. The number of hydrogen-bond donors (Lipinski definition) is 0. The first-order chi connectivity index (χ1) is 10.5. The number of hydrogen-bond acceptors (Lipinski definition) is 1. The van der Waals surface area contributed by atoms with E-state index >= 15 is 0 Å². The van der Waals surface area contributed by atoms with Crippen molar-refractivity contribution < 1.29 is 4.79 Å². The molecule has 2 atom stereocenters. The van der Waals surface area contributed by atoms with Gasteiger partial charge in [-0.15, -0.1) is 0 Å². The zero-order valence-corrected chi connectivity index (χ0v) is 15.2. The maximum absolute atomic E-state index is 13.0. The van der Waals surface area contributed by atoms with Crippen LogP contribution in [0.25, 0.3) is 0 Å². The highest BCUT2D eigenvalue weighted by Crippen LogP contribution is 2.47. The second kappa shape index (κ2) is 6.20. The van der Waals surface area contributed by atoms with E-state index in [0.717, 1.165) is 16.5 Å². The Morgan fingerprint density at radius 2 is 1.82 bits per heavy atom. The molecule has 3 rings (SSSR count). The molecule has 1 heterocycles. The Balaban J connectivity index is 2.06. The largest absolute Gasteiger partial charge is 0.304 e. The summed E-state index contributed by atoms with van der Waals surface area (Å²) in [7, 11) is 0. The van der Waals surface area contributed by atoms with Crippen LogP contribution >= 0.6 is 34.2 Å². The average molecular weight is 426 g/mol. The molecule has 1 aliphatic rings. The monoisotopic (exact) mass is 425 g/mol. The van der Waals surface area contributed by atoms with Gasteiger partial charge in [-0.05, 0) is 43.2 Å². The minimum Gasteiger partial charge on any atom is -0.304 e. The van der Waals surface area contributed by atoms with Gasteiger partial charge in [0.1, 0.15) is 0 Å². The molecule has 2 aromatic carbocycles. The summed E-state index contributed by atoms with van der Waals surface area (Å²) in [6, 6.07) is 17.9. The molecule has 1 saturated heterocycles. The van der Waals surface area contributed by atoms with E-state index in [0.29, 0.717) is 5.02 Å². The molecule has 4 heteroatoms. The van der Waals surface area contributed by atoms with Crippen molar-refractivity contribution >= 4 is 45.8 Å². The molecule has 0 spiro atoms. The van der Waals surface area contributed by atoms with Crippen molar-refractivity contribution in [2.45, 2.75) is 19.4 Å². The van der Waals surface area contributed by atoms with E-state index in [9.17, 15) is 4.79 Å². The van der Waals surface area contributed by atoms with Gasteiger partial charge in [0, 0.05) is 15.1 Å². The molecular formula is C18H17ClINO. The SMILES string of the molecule is C[C@]1(CI)C[C@H](c2ccccc2)N(c2ccc(Cl)cc2)C1=O. The first-order valence-corrected chi connectivity index (χ1v) is 9.16. The predicted octanol–water partition coefficient (Wildman–Crippen LogP) is 5.26. The molecule has 2 nitrogen and oxygen atoms in total. The molecule has 114 valence electrons. The average Bonchev–Trinajstić information content (AvgIpc) is 2.82. The fourth-order valence-electron chi connectivity index (χ4n) is 2.99. The Hall–Kier alpha value is -1.07. The van der Waals surface area contributed by atoms with E-state index in [-0.39, 0.29) is 17.4 Å². The van der Waals surface area contributed by atoms with Crippen LogP contribution in [0.5, 0.6) is 0 Å². The highest BCUT2D eigenvalue weighted by Gasteiger charge is 2.48. The van der Waals surface area contributed by atoms with Gasteiger partial charge >= 0.3 is 0 Å². The Morgan fingerprint density at radius 1 is 1.18 bits per heavy atom. The Bertz CT molecular complexity index is 673. The Kier molecular flexibility index (Phi) is 4.46. The number of halogens is 2. The number of carbonyl (C=O) groups excluding carboxylic acids is 1. The third-order valence-electron chi connectivity index (χ3n) is 4.27. The Labute approximate surface area is 149 Å². The molecule has 0 aromatic heterocycles. The lowest BCUT2D eigenvalue weighted by atomic mass is 9.88. The lowest BCUT2D eigenvalue weighted by Gasteiger charge is -2.25. The van der Waals surface area contributed by atoms with E-state index in [1.807, 2.05) is 47.4 Å². The minimum absolute atomic E-state index is 0.0784. The van der Waals surface area contributed by atoms with Gasteiger partial charge in [0.15, 0.2) is 0 Å². The van der Waals surface area contributed by atoms with Crippen LogP contribution in [0.4, 0.5) is 5.69 Å². The number of anilines is 1. The molecule has 0 saturated carbocycles. The summed E-state index contributed by atoms with van der Waals surface area (Å²) in [5.74, 6) is 0.193. The topological polar surface area (TPSA) is 20.3 Å². The summed E-state index contributed by atoms with van der Waals surface area (Å²) in [6.45, 7) is 2.06. The molecule has 0 bridgehead atoms. The van der Waals surface area contributed by atoms with E-state index in [2.05, 4.69) is 41.6 Å². The van der Waals surface area contributed by atoms with Crippen LogP contribution in [0, 0.1) is 5.41 Å². The summed E-state index contributed by atoms with van der Waals surface area (Å²) in [5, 5.41) is 0.684. The molecule has 0 N–H and O–H groups in total. The van der Waals surface area contributed by atoms with Crippen molar-refractivity contribution in [1.29, 1.82) is 0 Å². The second-order valence-corrected chi connectivity index (χ2v) is 7.18. The van der Waals surface area contributed by atoms with Gasteiger partial charge in [-0.3, -0.25) is 4.79 Å². The highest BCUT2D eigenvalue weighted by atomic mass is 127. The quantitative estimate of drug-likeness (QED) is 0.485. The van der Waals surface area contributed by atoms with E-state index in [4.69, 9.17) is 11.6 Å². The molecular weight excluding hydrogens is 409 g/mol. The number of benzene rings is 2. The third kappa shape index (κ3) is 2.76. The van der Waals surface area contributed by atoms with Crippen molar-refractivity contribution in [2.24, 2.45) is 5.41 Å². The van der Waals surface area contributed by atoms with Gasteiger partial charge in [-0.2, -0.15) is 0 Å². The molecule has 22 heavy (non-hydrogen) atoms. The van der Waals surface area contributed by atoms with E-state index in [1.165, 1.54) is 5.56 Å². The van der Waals surface area contributed by atoms with Crippen molar-refractivity contribution in [1.82, 2.24) is 0 Å². The predicted molar refractivity (Wildman–Crippen MR) is 99.7 cm³/mol. The van der Waals surface area contributed by atoms with Gasteiger partial charge in [-0.25, -0.2) is 0 Å².